The van der Waals surface area contributed by atoms with Crippen LogP contribution in [0.25, 0.3) is 11.3 Å². The number of Topliss-reactive ketones (excluding diaryl/α,β-unsaturated/α-hetero) is 1. The fourth-order valence-corrected chi connectivity index (χ4v) is 4.57. The van der Waals surface area contributed by atoms with Crippen molar-refractivity contribution >= 4 is 34.1 Å². The van der Waals surface area contributed by atoms with Gasteiger partial charge >= 0.3 is 0 Å². The number of aromatic nitrogens is 1. The first-order chi connectivity index (χ1) is 16.4. The Balaban J connectivity index is 1.39. The van der Waals surface area contributed by atoms with Crippen LogP contribution < -0.4 is 20.1 Å². The van der Waals surface area contributed by atoms with Crippen molar-refractivity contribution in [3.63, 3.8) is 0 Å². The highest BCUT2D eigenvalue weighted by Crippen LogP contribution is 2.36. The molecule has 2 N–H and O–H groups in total. The lowest BCUT2D eigenvalue weighted by Gasteiger charge is -2.26. The molecule has 0 aliphatic carbocycles. The number of benzene rings is 2. The molecule has 2 aromatic carbocycles. The molecular formula is C25H25N3O5S. The van der Waals surface area contributed by atoms with Gasteiger partial charge in [-0.2, -0.15) is 0 Å². The number of carbonyl (C=O) groups excluding carboxylic acids is 3. The van der Waals surface area contributed by atoms with Crippen molar-refractivity contribution in [2.45, 2.75) is 32.2 Å². The predicted molar refractivity (Wildman–Crippen MR) is 129 cm³/mol. The topological polar surface area (TPSA) is 107 Å². The van der Waals surface area contributed by atoms with E-state index < -0.39 is 0 Å². The van der Waals surface area contributed by atoms with E-state index in [4.69, 9.17) is 9.47 Å². The first-order valence-electron chi connectivity index (χ1n) is 10.9. The first kappa shape index (κ1) is 23.4. The Morgan fingerprint density at radius 3 is 2.79 bits per heavy atom. The summed E-state index contributed by atoms with van der Waals surface area (Å²) in [4.78, 5) is 41.0. The number of amides is 2. The van der Waals surface area contributed by atoms with Crippen molar-refractivity contribution in [3.05, 3.63) is 59.0 Å². The van der Waals surface area contributed by atoms with Crippen LogP contribution in [0.4, 0.5) is 5.13 Å². The maximum Gasteiger partial charge on any atom is 0.226 e. The summed E-state index contributed by atoms with van der Waals surface area (Å²) >= 11 is 1.31. The summed E-state index contributed by atoms with van der Waals surface area (Å²) in [5.41, 5.74) is 2.94. The van der Waals surface area contributed by atoms with Crippen LogP contribution in [0.1, 0.15) is 48.1 Å². The third-order valence-corrected chi connectivity index (χ3v) is 6.22. The van der Waals surface area contributed by atoms with Crippen molar-refractivity contribution in [3.8, 4) is 22.8 Å². The molecule has 2 amide bonds. The SMILES string of the molecule is COc1ccccc1C(=O)CCC(=O)Nc1nc(-c2ccc3c(c2)C(NC(C)=O)CCO3)cs1. The van der Waals surface area contributed by atoms with Gasteiger partial charge in [-0.05, 0) is 30.3 Å². The van der Waals surface area contributed by atoms with Crippen LogP contribution in [-0.4, -0.2) is 36.3 Å². The molecule has 1 aromatic heterocycles. The number of ketones is 1. The highest BCUT2D eigenvalue weighted by atomic mass is 32.1. The smallest absolute Gasteiger partial charge is 0.226 e. The van der Waals surface area contributed by atoms with Crippen molar-refractivity contribution in [2.24, 2.45) is 0 Å². The third-order valence-electron chi connectivity index (χ3n) is 5.46. The summed E-state index contributed by atoms with van der Waals surface area (Å²) in [7, 11) is 1.51. The number of hydrogen-bond donors (Lipinski definition) is 2. The van der Waals surface area contributed by atoms with Crippen LogP contribution in [0.5, 0.6) is 11.5 Å². The quantitative estimate of drug-likeness (QED) is 0.465. The van der Waals surface area contributed by atoms with Gasteiger partial charge in [0, 0.05) is 42.7 Å². The van der Waals surface area contributed by atoms with Crippen LogP contribution in [0.15, 0.2) is 47.8 Å². The maximum atomic E-state index is 12.5. The second-order valence-corrected chi connectivity index (χ2v) is 8.71. The maximum absolute atomic E-state index is 12.5. The Bertz CT molecular complexity index is 1220. The van der Waals surface area contributed by atoms with E-state index in [-0.39, 0.29) is 36.5 Å². The molecule has 4 rings (SSSR count). The normalized spacial score (nSPS) is 14.5. The van der Waals surface area contributed by atoms with E-state index in [0.717, 1.165) is 16.9 Å². The van der Waals surface area contributed by atoms with Gasteiger partial charge in [0.05, 0.1) is 31.0 Å². The summed E-state index contributed by atoms with van der Waals surface area (Å²) < 4.78 is 10.9. The number of nitrogens with zero attached hydrogens (tertiary/aromatic N) is 1. The fourth-order valence-electron chi connectivity index (χ4n) is 3.83. The minimum atomic E-state index is -0.284. The molecule has 1 aliphatic heterocycles. The van der Waals surface area contributed by atoms with E-state index in [1.807, 2.05) is 23.6 Å². The average molecular weight is 480 g/mol. The van der Waals surface area contributed by atoms with Crippen molar-refractivity contribution in [1.29, 1.82) is 0 Å². The fraction of sp³-hybridized carbons (Fsp3) is 0.280. The molecule has 34 heavy (non-hydrogen) atoms. The molecule has 8 nitrogen and oxygen atoms in total. The van der Waals surface area contributed by atoms with Gasteiger partial charge in [0.15, 0.2) is 10.9 Å². The van der Waals surface area contributed by atoms with Crippen molar-refractivity contribution in [2.75, 3.05) is 19.0 Å². The molecule has 0 radical (unpaired) electrons. The number of nitrogens with one attached hydrogen (secondary N) is 2. The van der Waals surface area contributed by atoms with Crippen LogP contribution in [0.2, 0.25) is 0 Å². The molecule has 3 aromatic rings. The number of carbonyl (C=O) groups is 3. The van der Waals surface area contributed by atoms with Gasteiger partial charge < -0.3 is 20.1 Å². The van der Waals surface area contributed by atoms with Crippen LogP contribution in [0, 0.1) is 0 Å². The van der Waals surface area contributed by atoms with Gasteiger partial charge in [-0.1, -0.05) is 12.1 Å². The summed E-state index contributed by atoms with van der Waals surface area (Å²) in [5, 5.41) is 8.04. The number of rotatable bonds is 8. The number of ether oxygens (including phenoxy) is 2. The van der Waals surface area contributed by atoms with Gasteiger partial charge in [-0.15, -0.1) is 11.3 Å². The molecule has 0 spiro atoms. The highest BCUT2D eigenvalue weighted by Gasteiger charge is 2.23. The van der Waals surface area contributed by atoms with E-state index in [2.05, 4.69) is 15.6 Å². The lowest BCUT2D eigenvalue weighted by Crippen LogP contribution is -2.30. The van der Waals surface area contributed by atoms with Gasteiger partial charge in [0.25, 0.3) is 0 Å². The highest BCUT2D eigenvalue weighted by molar-refractivity contribution is 7.14. The second-order valence-electron chi connectivity index (χ2n) is 7.85. The standard InChI is InChI=1S/C25H25N3O5S/c1-15(29)26-19-11-12-33-23-9-7-16(13-18(19)23)20-14-34-25(27-20)28-24(31)10-8-21(30)17-5-3-4-6-22(17)32-2/h3-7,9,13-14,19H,8,10-12H2,1-2H3,(H,26,29)(H,27,28,31). The molecule has 176 valence electrons. The van der Waals surface area contributed by atoms with Crippen LogP contribution >= 0.6 is 11.3 Å². The summed E-state index contributed by atoms with van der Waals surface area (Å²) in [6.45, 7) is 2.04. The van der Waals surface area contributed by atoms with Crippen molar-refractivity contribution < 1.29 is 23.9 Å². The molecule has 9 heteroatoms. The number of methoxy groups -OCH3 is 1. The molecule has 0 fully saturated rings. The number of thiazole rings is 1. The Morgan fingerprint density at radius 1 is 1.18 bits per heavy atom. The summed E-state index contributed by atoms with van der Waals surface area (Å²) in [6.07, 6.45) is 0.808. The molecule has 0 saturated carbocycles. The van der Waals surface area contributed by atoms with Gasteiger partial charge in [-0.25, -0.2) is 4.98 Å². The lowest BCUT2D eigenvalue weighted by molar-refractivity contribution is -0.120. The molecule has 1 aliphatic rings. The minimum Gasteiger partial charge on any atom is -0.496 e. The molecule has 1 atom stereocenters. The van der Waals surface area contributed by atoms with Crippen LogP contribution in [-0.2, 0) is 9.59 Å². The lowest BCUT2D eigenvalue weighted by atomic mass is 9.97. The van der Waals surface area contributed by atoms with Gasteiger partial charge in [0.1, 0.15) is 11.5 Å². The monoisotopic (exact) mass is 479 g/mol. The summed E-state index contributed by atoms with van der Waals surface area (Å²) in [5.74, 6) is 0.711. The van der Waals surface area contributed by atoms with E-state index in [0.29, 0.717) is 35.2 Å². The molecule has 2 heterocycles. The number of para-hydroxylation sites is 1. The first-order valence-corrected chi connectivity index (χ1v) is 11.8. The molecule has 1 unspecified atom stereocenters. The Labute approximate surface area is 201 Å². The second kappa shape index (κ2) is 10.5. The number of fused-ring (bicyclic) bond motifs is 1. The Morgan fingerprint density at radius 2 is 2.00 bits per heavy atom. The van der Waals surface area contributed by atoms with E-state index in [1.54, 1.807) is 24.3 Å². The summed E-state index contributed by atoms with van der Waals surface area (Å²) in [6, 6.07) is 12.6. The predicted octanol–water partition coefficient (Wildman–Crippen LogP) is 4.38. The van der Waals surface area contributed by atoms with Crippen LogP contribution in [0.3, 0.4) is 0 Å². The largest absolute Gasteiger partial charge is 0.496 e. The third kappa shape index (κ3) is 5.43. The van der Waals surface area contributed by atoms with Crippen molar-refractivity contribution in [1.82, 2.24) is 10.3 Å². The Kier molecular flexibility index (Phi) is 7.22. The van der Waals surface area contributed by atoms with Gasteiger partial charge in [0.2, 0.25) is 11.8 Å². The molecular weight excluding hydrogens is 454 g/mol. The number of anilines is 1. The Hall–Kier alpha value is -3.72. The van der Waals surface area contributed by atoms with E-state index in [1.165, 1.54) is 25.4 Å². The molecule has 0 saturated heterocycles. The zero-order valence-electron chi connectivity index (χ0n) is 18.9. The zero-order chi connectivity index (χ0) is 24.1. The average Bonchev–Trinajstić information content (AvgIpc) is 3.30. The minimum absolute atomic E-state index is 0.0420. The number of hydrogen-bond acceptors (Lipinski definition) is 7. The van der Waals surface area contributed by atoms with Gasteiger partial charge in [-0.3, -0.25) is 14.4 Å². The molecule has 0 bridgehead atoms. The van der Waals surface area contributed by atoms with E-state index >= 15 is 0 Å². The zero-order valence-corrected chi connectivity index (χ0v) is 19.7. The van der Waals surface area contributed by atoms with E-state index in [9.17, 15) is 14.4 Å².